The second-order valence-corrected chi connectivity index (χ2v) is 7.75. The molecule has 0 N–H and O–H groups in total. The Labute approximate surface area is 93.9 Å². The molecule has 4 heteroatoms. The van der Waals surface area contributed by atoms with Crippen molar-refractivity contribution < 1.29 is 8.42 Å². The van der Waals surface area contributed by atoms with Gasteiger partial charge in [-0.05, 0) is 31.1 Å². The summed E-state index contributed by atoms with van der Waals surface area (Å²) < 4.78 is 24.6. The molecule has 2 atom stereocenters. The molecule has 0 aromatic rings. The van der Waals surface area contributed by atoms with E-state index in [2.05, 4.69) is 20.8 Å². The van der Waals surface area contributed by atoms with Crippen molar-refractivity contribution in [1.82, 2.24) is 4.31 Å². The van der Waals surface area contributed by atoms with Crippen LogP contribution in [0.1, 0.15) is 40.5 Å². The Morgan fingerprint density at radius 3 is 2.13 bits per heavy atom. The first-order valence-corrected chi connectivity index (χ1v) is 7.44. The van der Waals surface area contributed by atoms with Crippen LogP contribution in [-0.4, -0.2) is 31.6 Å². The third-order valence-electron chi connectivity index (χ3n) is 3.47. The van der Waals surface area contributed by atoms with Gasteiger partial charge >= 0.3 is 0 Å². The van der Waals surface area contributed by atoms with Gasteiger partial charge in [-0.25, -0.2) is 8.42 Å². The zero-order valence-electron chi connectivity index (χ0n) is 10.4. The number of hydrogen-bond donors (Lipinski definition) is 0. The van der Waals surface area contributed by atoms with Crippen LogP contribution < -0.4 is 0 Å². The second-order valence-electron chi connectivity index (χ2n) is 5.81. The van der Waals surface area contributed by atoms with Crippen LogP contribution in [0.3, 0.4) is 0 Å². The van der Waals surface area contributed by atoms with Crippen LogP contribution in [0.4, 0.5) is 0 Å². The molecule has 1 rings (SSSR count). The van der Waals surface area contributed by atoms with Gasteiger partial charge in [-0.1, -0.05) is 20.8 Å². The summed E-state index contributed by atoms with van der Waals surface area (Å²) in [4.78, 5) is 0. The number of nitrogens with zero attached hydrogens (tertiary/aromatic N) is 1. The van der Waals surface area contributed by atoms with Gasteiger partial charge in [0.2, 0.25) is 10.0 Å². The Hall–Kier alpha value is -0.0900. The molecule has 0 radical (unpaired) electrons. The molecule has 1 saturated heterocycles. The average molecular weight is 233 g/mol. The summed E-state index contributed by atoms with van der Waals surface area (Å²) in [5, 5.41) is 0. The standard InChI is InChI=1S/C11H23NO2S/c1-9-8-10(11(2,3)4)6-7-12(9)15(5,13)14/h9-10H,6-8H2,1-5H3. The third kappa shape index (κ3) is 3.18. The van der Waals surface area contributed by atoms with E-state index in [9.17, 15) is 8.42 Å². The van der Waals surface area contributed by atoms with Crippen molar-refractivity contribution in [1.29, 1.82) is 0 Å². The number of sulfonamides is 1. The van der Waals surface area contributed by atoms with E-state index in [4.69, 9.17) is 0 Å². The van der Waals surface area contributed by atoms with E-state index in [0.717, 1.165) is 12.8 Å². The van der Waals surface area contributed by atoms with Crippen LogP contribution >= 0.6 is 0 Å². The highest BCUT2D eigenvalue weighted by atomic mass is 32.2. The predicted molar refractivity (Wildman–Crippen MR) is 63.2 cm³/mol. The van der Waals surface area contributed by atoms with Gasteiger partial charge in [0.1, 0.15) is 0 Å². The minimum atomic E-state index is -3.01. The van der Waals surface area contributed by atoms with Gasteiger partial charge in [0.25, 0.3) is 0 Å². The molecule has 0 aliphatic carbocycles. The highest BCUT2D eigenvalue weighted by Crippen LogP contribution is 2.37. The molecule has 1 fully saturated rings. The lowest BCUT2D eigenvalue weighted by Crippen LogP contribution is -2.46. The largest absolute Gasteiger partial charge is 0.212 e. The Kier molecular flexibility index (Phi) is 3.51. The summed E-state index contributed by atoms with van der Waals surface area (Å²) in [6.45, 7) is 9.41. The molecule has 1 aliphatic heterocycles. The Balaban J connectivity index is 2.72. The molecule has 1 heterocycles. The van der Waals surface area contributed by atoms with Gasteiger partial charge in [-0.3, -0.25) is 0 Å². The van der Waals surface area contributed by atoms with Crippen molar-refractivity contribution in [3.05, 3.63) is 0 Å². The van der Waals surface area contributed by atoms with Gasteiger partial charge in [0.05, 0.1) is 6.26 Å². The minimum Gasteiger partial charge on any atom is -0.212 e. The van der Waals surface area contributed by atoms with Crippen molar-refractivity contribution in [2.75, 3.05) is 12.8 Å². The van der Waals surface area contributed by atoms with Crippen LogP contribution in [-0.2, 0) is 10.0 Å². The lowest BCUT2D eigenvalue weighted by atomic mass is 9.74. The predicted octanol–water partition coefficient (Wildman–Crippen LogP) is 2.09. The van der Waals surface area contributed by atoms with E-state index in [1.54, 1.807) is 4.31 Å². The third-order valence-corrected chi connectivity index (χ3v) is 4.86. The molecule has 0 saturated carbocycles. The first-order chi connectivity index (χ1) is 6.62. The van der Waals surface area contributed by atoms with Gasteiger partial charge < -0.3 is 0 Å². The highest BCUT2D eigenvalue weighted by molar-refractivity contribution is 7.88. The summed E-state index contributed by atoms with van der Waals surface area (Å²) in [5.41, 5.74) is 0.290. The molecule has 0 spiro atoms. The SMILES string of the molecule is CC1CC(C(C)(C)C)CCN1S(C)(=O)=O. The summed E-state index contributed by atoms with van der Waals surface area (Å²) >= 11 is 0. The van der Waals surface area contributed by atoms with Crippen LogP contribution in [0, 0.1) is 11.3 Å². The van der Waals surface area contributed by atoms with E-state index in [0.29, 0.717) is 12.5 Å². The minimum absolute atomic E-state index is 0.151. The van der Waals surface area contributed by atoms with Crippen molar-refractivity contribution in [3.63, 3.8) is 0 Å². The smallest absolute Gasteiger partial charge is 0.211 e. The number of hydrogen-bond acceptors (Lipinski definition) is 2. The maximum absolute atomic E-state index is 11.5. The molecular weight excluding hydrogens is 210 g/mol. The van der Waals surface area contributed by atoms with E-state index >= 15 is 0 Å². The first-order valence-electron chi connectivity index (χ1n) is 5.59. The zero-order chi connectivity index (χ0) is 11.9. The van der Waals surface area contributed by atoms with Gasteiger partial charge in [0, 0.05) is 12.6 Å². The zero-order valence-corrected chi connectivity index (χ0v) is 11.3. The van der Waals surface area contributed by atoms with E-state index < -0.39 is 10.0 Å². The second kappa shape index (κ2) is 4.06. The van der Waals surface area contributed by atoms with E-state index in [-0.39, 0.29) is 11.5 Å². The Bertz CT molecular complexity index is 316. The molecule has 15 heavy (non-hydrogen) atoms. The number of piperidine rings is 1. The fourth-order valence-electron chi connectivity index (χ4n) is 2.43. The first kappa shape index (κ1) is 13.0. The molecule has 2 unspecified atom stereocenters. The molecule has 0 aromatic heterocycles. The molecule has 0 aromatic carbocycles. The van der Waals surface area contributed by atoms with Gasteiger partial charge in [0.15, 0.2) is 0 Å². The molecule has 0 amide bonds. The molecule has 3 nitrogen and oxygen atoms in total. The topological polar surface area (TPSA) is 37.4 Å². The van der Waals surface area contributed by atoms with E-state index in [1.165, 1.54) is 6.26 Å². The van der Waals surface area contributed by atoms with Gasteiger partial charge in [-0.15, -0.1) is 0 Å². The Morgan fingerprint density at radius 1 is 1.27 bits per heavy atom. The molecular formula is C11H23NO2S. The maximum atomic E-state index is 11.5. The fourth-order valence-corrected chi connectivity index (χ4v) is 3.61. The number of rotatable bonds is 1. The van der Waals surface area contributed by atoms with Crippen molar-refractivity contribution in [2.45, 2.75) is 46.6 Å². The van der Waals surface area contributed by atoms with Crippen molar-refractivity contribution in [2.24, 2.45) is 11.3 Å². The van der Waals surface area contributed by atoms with Crippen molar-refractivity contribution >= 4 is 10.0 Å². The van der Waals surface area contributed by atoms with E-state index in [1.807, 2.05) is 6.92 Å². The van der Waals surface area contributed by atoms with Gasteiger partial charge in [-0.2, -0.15) is 4.31 Å². The fraction of sp³-hybridized carbons (Fsp3) is 1.00. The maximum Gasteiger partial charge on any atom is 0.211 e. The quantitative estimate of drug-likeness (QED) is 0.695. The van der Waals surface area contributed by atoms with Crippen molar-refractivity contribution in [3.8, 4) is 0 Å². The lowest BCUT2D eigenvalue weighted by Gasteiger charge is -2.41. The molecule has 0 bridgehead atoms. The summed E-state index contributed by atoms with van der Waals surface area (Å²) in [5.74, 6) is 0.630. The summed E-state index contributed by atoms with van der Waals surface area (Å²) in [7, 11) is -3.01. The normalized spacial score (nSPS) is 30.5. The highest BCUT2D eigenvalue weighted by Gasteiger charge is 2.35. The lowest BCUT2D eigenvalue weighted by molar-refractivity contribution is 0.120. The Morgan fingerprint density at radius 2 is 1.80 bits per heavy atom. The van der Waals surface area contributed by atoms with Crippen LogP contribution in [0.25, 0.3) is 0 Å². The molecule has 90 valence electrons. The average Bonchev–Trinajstić information content (AvgIpc) is 1.99. The summed E-state index contributed by atoms with van der Waals surface area (Å²) in [6.07, 6.45) is 3.28. The summed E-state index contributed by atoms with van der Waals surface area (Å²) in [6, 6.07) is 0.151. The van der Waals surface area contributed by atoms with Crippen LogP contribution in [0.2, 0.25) is 0 Å². The molecule has 1 aliphatic rings. The van der Waals surface area contributed by atoms with Crippen LogP contribution in [0.15, 0.2) is 0 Å². The van der Waals surface area contributed by atoms with Crippen LogP contribution in [0.5, 0.6) is 0 Å². The monoisotopic (exact) mass is 233 g/mol.